The van der Waals surface area contributed by atoms with Gasteiger partial charge in [0.2, 0.25) is 0 Å². The molecule has 1 fully saturated rings. The predicted octanol–water partition coefficient (Wildman–Crippen LogP) is 7.71. The van der Waals surface area contributed by atoms with E-state index in [1.165, 1.54) is 5.56 Å². The highest BCUT2D eigenvalue weighted by atomic mass is 35.5. The summed E-state index contributed by atoms with van der Waals surface area (Å²) in [5.74, 6) is 5.99. The molecule has 0 spiro atoms. The molecule has 4 aromatic rings. The Hall–Kier alpha value is -2.29. The van der Waals surface area contributed by atoms with Crippen molar-refractivity contribution in [3.63, 3.8) is 0 Å². The number of rotatable bonds is 7. The van der Waals surface area contributed by atoms with Crippen LogP contribution in [0.4, 0.5) is 0 Å². The summed E-state index contributed by atoms with van der Waals surface area (Å²) >= 11 is 20.5. The monoisotopic (exact) mass is 602 g/mol. The average molecular weight is 604 g/mol. The molecule has 3 aromatic carbocycles. The van der Waals surface area contributed by atoms with Crippen molar-refractivity contribution in [1.29, 1.82) is 0 Å². The summed E-state index contributed by atoms with van der Waals surface area (Å²) in [5.41, 5.74) is 3.81. The number of hydrogen-bond acceptors (Lipinski definition) is 5. The van der Waals surface area contributed by atoms with E-state index >= 15 is 0 Å². The predicted molar refractivity (Wildman–Crippen MR) is 161 cm³/mol. The summed E-state index contributed by atoms with van der Waals surface area (Å²) in [6.07, 6.45) is 3.74. The minimum absolute atomic E-state index is 0.0129. The molecule has 196 valence electrons. The van der Waals surface area contributed by atoms with Crippen LogP contribution in [0.2, 0.25) is 15.1 Å². The quantitative estimate of drug-likeness (QED) is 0.102. The Labute approximate surface area is 243 Å². The van der Waals surface area contributed by atoms with Crippen molar-refractivity contribution in [3.8, 4) is 16.9 Å². The third kappa shape index (κ3) is 5.15. The smallest absolute Gasteiger partial charge is 0.145 e. The molecule has 10 heteroatoms. The van der Waals surface area contributed by atoms with Gasteiger partial charge in [0.05, 0.1) is 32.1 Å². The van der Waals surface area contributed by atoms with E-state index in [1.807, 2.05) is 42.5 Å². The first-order valence-corrected chi connectivity index (χ1v) is 15.5. The molecule has 0 saturated heterocycles. The van der Waals surface area contributed by atoms with E-state index in [2.05, 4.69) is 24.2 Å². The standard InChI is InChI=1S/C28H25Cl3N4OS2/c1-17(28(15-16-28)19-9-13-21(30)14-10-19)37-27(33-32)24-26(38(2)36)25(18-7-11-20(29)12-8-18)35(34-24)23-6-4-3-5-22(23)31/h3-14,17H,15-16,32H2,1-2H3. The van der Waals surface area contributed by atoms with Gasteiger partial charge < -0.3 is 5.84 Å². The lowest BCUT2D eigenvalue weighted by atomic mass is 9.93. The Morgan fingerprint density at radius 1 is 1.03 bits per heavy atom. The SMILES string of the molecule is CC(SC(=NN)c1nn(-c2ccccc2Cl)c(-c2ccc(Cl)cc2)c1S(C)=O)C1(c2ccc(Cl)cc2)CC1. The van der Waals surface area contributed by atoms with Crippen molar-refractivity contribution in [2.45, 2.75) is 35.3 Å². The molecule has 0 bridgehead atoms. The van der Waals surface area contributed by atoms with Crippen LogP contribution >= 0.6 is 46.6 Å². The Morgan fingerprint density at radius 2 is 1.63 bits per heavy atom. The van der Waals surface area contributed by atoms with Gasteiger partial charge in [-0.15, -0.1) is 0 Å². The van der Waals surface area contributed by atoms with Gasteiger partial charge >= 0.3 is 0 Å². The fourth-order valence-electron chi connectivity index (χ4n) is 4.75. The van der Waals surface area contributed by atoms with Gasteiger partial charge in [0.25, 0.3) is 0 Å². The molecule has 1 saturated carbocycles. The fraction of sp³-hybridized carbons (Fsp3) is 0.214. The van der Waals surface area contributed by atoms with Crippen molar-refractivity contribution in [2.24, 2.45) is 10.9 Å². The van der Waals surface area contributed by atoms with Crippen LogP contribution in [0.3, 0.4) is 0 Å². The Balaban J connectivity index is 1.63. The molecule has 0 amide bonds. The molecule has 0 radical (unpaired) electrons. The molecule has 2 N–H and O–H groups in total. The number of thioether (sulfide) groups is 1. The summed E-state index contributed by atoms with van der Waals surface area (Å²) in [7, 11) is -1.42. The zero-order chi connectivity index (χ0) is 27.0. The first-order chi connectivity index (χ1) is 18.2. The van der Waals surface area contributed by atoms with E-state index in [0.29, 0.717) is 42.1 Å². The van der Waals surface area contributed by atoms with E-state index in [9.17, 15) is 4.21 Å². The molecule has 38 heavy (non-hydrogen) atoms. The molecule has 0 aliphatic heterocycles. The third-order valence-electron chi connectivity index (χ3n) is 6.92. The molecule has 1 heterocycles. The van der Waals surface area contributed by atoms with Crippen LogP contribution < -0.4 is 5.84 Å². The van der Waals surface area contributed by atoms with Gasteiger partial charge in [0, 0.05) is 32.5 Å². The maximum Gasteiger partial charge on any atom is 0.145 e. The number of para-hydroxylation sites is 1. The second-order valence-electron chi connectivity index (χ2n) is 9.21. The van der Waals surface area contributed by atoms with Crippen molar-refractivity contribution in [1.82, 2.24) is 9.78 Å². The highest BCUT2D eigenvalue weighted by Gasteiger charge is 2.49. The number of hydrazone groups is 1. The van der Waals surface area contributed by atoms with Gasteiger partial charge in [-0.05, 0) is 54.8 Å². The topological polar surface area (TPSA) is 73.3 Å². The molecular weight excluding hydrogens is 579 g/mol. The number of nitrogens with two attached hydrogens (primary N) is 1. The van der Waals surface area contributed by atoms with E-state index in [4.69, 9.17) is 45.7 Å². The van der Waals surface area contributed by atoms with Crippen molar-refractivity contribution >= 4 is 62.4 Å². The molecular formula is C28H25Cl3N4OS2. The molecule has 1 aliphatic rings. The molecule has 1 aliphatic carbocycles. The fourth-order valence-corrected chi connectivity index (χ4v) is 7.42. The highest BCUT2D eigenvalue weighted by molar-refractivity contribution is 8.15. The summed E-state index contributed by atoms with van der Waals surface area (Å²) in [5, 5.41) is 11.6. The zero-order valence-corrected chi connectivity index (χ0v) is 24.6. The largest absolute Gasteiger partial charge is 0.322 e. The lowest BCUT2D eigenvalue weighted by Gasteiger charge is -2.23. The van der Waals surface area contributed by atoms with Crippen molar-refractivity contribution in [3.05, 3.63) is 99.1 Å². The van der Waals surface area contributed by atoms with Crippen LogP contribution in [0.15, 0.2) is 82.8 Å². The van der Waals surface area contributed by atoms with Gasteiger partial charge in [-0.25, -0.2) is 4.68 Å². The second kappa shape index (κ2) is 11.1. The summed E-state index contributed by atoms with van der Waals surface area (Å²) < 4.78 is 15.0. The molecule has 1 aromatic heterocycles. The van der Waals surface area contributed by atoms with Gasteiger partial charge in [-0.3, -0.25) is 4.21 Å². The van der Waals surface area contributed by atoms with Crippen molar-refractivity contribution < 1.29 is 4.21 Å². The van der Waals surface area contributed by atoms with Crippen LogP contribution in [-0.4, -0.2) is 30.5 Å². The molecule has 5 nitrogen and oxygen atoms in total. The minimum atomic E-state index is -1.42. The van der Waals surface area contributed by atoms with Gasteiger partial charge in [0.1, 0.15) is 10.7 Å². The summed E-state index contributed by atoms with van der Waals surface area (Å²) in [4.78, 5) is 0.535. The summed E-state index contributed by atoms with van der Waals surface area (Å²) in [6, 6.07) is 22.8. The van der Waals surface area contributed by atoms with Crippen LogP contribution in [0.5, 0.6) is 0 Å². The first kappa shape index (κ1) is 27.3. The van der Waals surface area contributed by atoms with Gasteiger partial charge in [-0.2, -0.15) is 10.2 Å². The average Bonchev–Trinajstić information content (AvgIpc) is 3.62. The normalized spacial score (nSPS) is 16.3. The molecule has 5 rings (SSSR count). The lowest BCUT2D eigenvalue weighted by Crippen LogP contribution is -2.23. The molecule has 2 atom stereocenters. The van der Waals surface area contributed by atoms with Gasteiger partial charge in [0.15, 0.2) is 0 Å². The summed E-state index contributed by atoms with van der Waals surface area (Å²) in [6.45, 7) is 2.17. The minimum Gasteiger partial charge on any atom is -0.322 e. The van der Waals surface area contributed by atoms with Crippen LogP contribution in [0, 0.1) is 0 Å². The van der Waals surface area contributed by atoms with Crippen LogP contribution in [0.25, 0.3) is 16.9 Å². The Bertz CT molecular complexity index is 1530. The third-order valence-corrected chi connectivity index (χ3v) is 10.0. The van der Waals surface area contributed by atoms with Gasteiger partial charge in [-0.1, -0.05) is 89.9 Å². The number of halogens is 3. The maximum atomic E-state index is 13.3. The Morgan fingerprint density at radius 3 is 2.18 bits per heavy atom. The van der Waals surface area contributed by atoms with Crippen LogP contribution in [-0.2, 0) is 16.2 Å². The first-order valence-electron chi connectivity index (χ1n) is 11.9. The molecule has 2 unspecified atom stereocenters. The van der Waals surface area contributed by atoms with Crippen LogP contribution in [0.1, 0.15) is 31.0 Å². The number of nitrogens with zero attached hydrogens (tertiary/aromatic N) is 3. The van der Waals surface area contributed by atoms with Crippen molar-refractivity contribution in [2.75, 3.05) is 6.26 Å². The lowest BCUT2D eigenvalue weighted by molar-refractivity contribution is 0.684. The zero-order valence-electron chi connectivity index (χ0n) is 20.7. The van der Waals surface area contributed by atoms with E-state index < -0.39 is 10.8 Å². The van der Waals surface area contributed by atoms with E-state index in [1.54, 1.807) is 40.9 Å². The Kier molecular flexibility index (Phi) is 7.94. The maximum absolute atomic E-state index is 13.3. The number of aromatic nitrogens is 2. The highest BCUT2D eigenvalue weighted by Crippen LogP contribution is 2.55. The number of benzene rings is 3. The van der Waals surface area contributed by atoms with E-state index in [0.717, 1.165) is 18.4 Å². The van der Waals surface area contributed by atoms with E-state index in [-0.39, 0.29) is 10.7 Å². The second-order valence-corrected chi connectivity index (χ2v) is 13.1. The number of hydrogen-bond donors (Lipinski definition) is 1.